The van der Waals surface area contributed by atoms with Gasteiger partial charge in [0.2, 0.25) is 0 Å². The molecule has 2 fully saturated rings. The minimum atomic E-state index is -4.33. The van der Waals surface area contributed by atoms with Crippen LogP contribution in [-0.4, -0.2) is 55.2 Å². The lowest BCUT2D eigenvalue weighted by Gasteiger charge is -2.38. The van der Waals surface area contributed by atoms with E-state index in [1.165, 1.54) is 12.1 Å². The number of nitrogens with zero attached hydrogens (tertiary/aromatic N) is 2. The Morgan fingerprint density at radius 2 is 1.52 bits per heavy atom. The van der Waals surface area contributed by atoms with E-state index >= 15 is 0 Å². The molecule has 29 heavy (non-hydrogen) atoms. The van der Waals surface area contributed by atoms with E-state index in [9.17, 15) is 18.3 Å². The van der Waals surface area contributed by atoms with E-state index in [0.29, 0.717) is 32.0 Å². The molecule has 2 aromatic rings. The van der Waals surface area contributed by atoms with Gasteiger partial charge in [0.15, 0.2) is 0 Å². The van der Waals surface area contributed by atoms with Crippen molar-refractivity contribution in [2.24, 2.45) is 0 Å². The molecule has 2 N–H and O–H groups in total. The Morgan fingerprint density at radius 3 is 2.00 bits per heavy atom. The fraction of sp³-hybridized carbons (Fsp3) is 0.381. The smallest absolute Gasteiger partial charge is 0.380 e. The Hall–Kier alpha value is -2.58. The van der Waals surface area contributed by atoms with Crippen LogP contribution in [0.5, 0.6) is 0 Å². The standard InChI is InChI=1S/C21H22F3N3O2/c22-21(23,24)17-5-7-18(8-6-17)26-9-11-27(12-10-26)19(25)15-1-3-16(4-2-15)20(28)13-29-14-20/h1-8,25,28H,9-14H2. The fourth-order valence-electron chi connectivity index (χ4n) is 3.63. The number of ether oxygens (including phenoxy) is 1. The average molecular weight is 405 g/mol. The number of piperazine rings is 1. The molecular formula is C21H22F3N3O2. The number of amidine groups is 1. The quantitative estimate of drug-likeness (QED) is 0.609. The number of alkyl halides is 3. The second-order valence-corrected chi connectivity index (χ2v) is 7.47. The van der Waals surface area contributed by atoms with Crippen molar-refractivity contribution < 1.29 is 23.0 Å². The van der Waals surface area contributed by atoms with Gasteiger partial charge in [-0.05, 0) is 29.8 Å². The van der Waals surface area contributed by atoms with Gasteiger partial charge in [-0.3, -0.25) is 5.41 Å². The second kappa shape index (κ2) is 7.35. The van der Waals surface area contributed by atoms with Crippen molar-refractivity contribution in [3.8, 4) is 0 Å². The van der Waals surface area contributed by atoms with E-state index in [2.05, 4.69) is 0 Å². The highest BCUT2D eigenvalue weighted by Crippen LogP contribution is 2.31. The first kappa shape index (κ1) is 19.7. The highest BCUT2D eigenvalue weighted by atomic mass is 19.4. The van der Waals surface area contributed by atoms with Crippen molar-refractivity contribution >= 4 is 11.5 Å². The maximum Gasteiger partial charge on any atom is 0.416 e. The maximum absolute atomic E-state index is 12.7. The Kier molecular flexibility index (Phi) is 5.00. The third-order valence-electron chi connectivity index (χ3n) is 5.53. The molecule has 8 heteroatoms. The zero-order valence-corrected chi connectivity index (χ0v) is 15.7. The van der Waals surface area contributed by atoms with Crippen LogP contribution in [0.15, 0.2) is 48.5 Å². The number of aliphatic hydroxyl groups is 1. The molecule has 0 radical (unpaired) electrons. The molecule has 0 bridgehead atoms. The summed E-state index contributed by atoms with van der Waals surface area (Å²) in [4.78, 5) is 3.98. The van der Waals surface area contributed by atoms with Crippen molar-refractivity contribution in [1.82, 2.24) is 4.90 Å². The SMILES string of the molecule is N=C(c1ccc(C2(O)COC2)cc1)N1CCN(c2ccc(C(F)(F)F)cc2)CC1. The van der Waals surface area contributed by atoms with Gasteiger partial charge >= 0.3 is 6.18 Å². The summed E-state index contributed by atoms with van der Waals surface area (Å²) in [6, 6.07) is 12.5. The number of hydrogen-bond acceptors (Lipinski definition) is 4. The van der Waals surface area contributed by atoms with Gasteiger partial charge in [-0.1, -0.05) is 24.3 Å². The molecule has 0 amide bonds. The van der Waals surface area contributed by atoms with E-state index in [0.717, 1.165) is 28.9 Å². The Morgan fingerprint density at radius 1 is 0.931 bits per heavy atom. The molecule has 4 rings (SSSR count). The summed E-state index contributed by atoms with van der Waals surface area (Å²) in [6.07, 6.45) is -4.33. The van der Waals surface area contributed by atoms with Crippen molar-refractivity contribution in [2.75, 3.05) is 44.3 Å². The molecular weight excluding hydrogens is 383 g/mol. The number of benzene rings is 2. The highest BCUT2D eigenvalue weighted by Gasteiger charge is 2.38. The molecule has 0 aromatic heterocycles. The zero-order valence-electron chi connectivity index (χ0n) is 15.7. The summed E-state index contributed by atoms with van der Waals surface area (Å²) in [5.41, 5.74) is 0.731. The highest BCUT2D eigenvalue weighted by molar-refractivity contribution is 5.96. The normalized spacial score (nSPS) is 19.0. The van der Waals surface area contributed by atoms with Gasteiger partial charge in [0.1, 0.15) is 11.4 Å². The predicted molar refractivity (Wildman–Crippen MR) is 103 cm³/mol. The maximum atomic E-state index is 12.7. The van der Waals surface area contributed by atoms with Crippen LogP contribution >= 0.6 is 0 Å². The van der Waals surface area contributed by atoms with Crippen LogP contribution in [0.1, 0.15) is 16.7 Å². The first-order valence-corrected chi connectivity index (χ1v) is 9.43. The summed E-state index contributed by atoms with van der Waals surface area (Å²) in [5.74, 6) is 0.403. The van der Waals surface area contributed by atoms with Crippen molar-refractivity contribution in [3.63, 3.8) is 0 Å². The largest absolute Gasteiger partial charge is 0.416 e. The molecule has 2 saturated heterocycles. The topological polar surface area (TPSA) is 59.8 Å². The molecule has 0 unspecified atom stereocenters. The van der Waals surface area contributed by atoms with Gasteiger partial charge in [0.05, 0.1) is 18.8 Å². The van der Waals surface area contributed by atoms with Gasteiger partial charge in [0, 0.05) is 37.4 Å². The van der Waals surface area contributed by atoms with E-state index in [1.54, 1.807) is 0 Å². The van der Waals surface area contributed by atoms with Crippen LogP contribution in [0.3, 0.4) is 0 Å². The summed E-state index contributed by atoms with van der Waals surface area (Å²) in [6.45, 7) is 3.05. The number of anilines is 1. The van der Waals surface area contributed by atoms with Crippen LogP contribution in [0.4, 0.5) is 18.9 Å². The van der Waals surface area contributed by atoms with Gasteiger partial charge in [-0.25, -0.2) is 0 Å². The second-order valence-electron chi connectivity index (χ2n) is 7.47. The van der Waals surface area contributed by atoms with Crippen molar-refractivity contribution in [3.05, 3.63) is 65.2 Å². The van der Waals surface area contributed by atoms with Crippen LogP contribution in [0.2, 0.25) is 0 Å². The lowest BCUT2D eigenvalue weighted by molar-refractivity contribution is -0.184. The molecule has 0 spiro atoms. The van der Waals surface area contributed by atoms with Crippen LogP contribution in [0.25, 0.3) is 0 Å². The number of halogens is 3. The molecule has 2 aromatic carbocycles. The van der Waals surface area contributed by atoms with E-state index in [1.807, 2.05) is 34.1 Å². The van der Waals surface area contributed by atoms with Crippen molar-refractivity contribution in [1.29, 1.82) is 5.41 Å². The summed E-state index contributed by atoms with van der Waals surface area (Å²) in [5, 5.41) is 18.8. The zero-order chi connectivity index (χ0) is 20.6. The Labute approximate surface area is 166 Å². The first-order valence-electron chi connectivity index (χ1n) is 9.43. The number of hydrogen-bond donors (Lipinski definition) is 2. The number of rotatable bonds is 3. The van der Waals surface area contributed by atoms with E-state index in [-0.39, 0.29) is 13.2 Å². The minimum Gasteiger partial charge on any atom is -0.380 e. The van der Waals surface area contributed by atoms with Gasteiger partial charge < -0.3 is 19.6 Å². The van der Waals surface area contributed by atoms with Gasteiger partial charge in [-0.15, -0.1) is 0 Å². The summed E-state index contributed by atoms with van der Waals surface area (Å²) >= 11 is 0. The van der Waals surface area contributed by atoms with Crippen LogP contribution in [0, 0.1) is 5.41 Å². The minimum absolute atomic E-state index is 0.287. The van der Waals surface area contributed by atoms with Gasteiger partial charge in [0.25, 0.3) is 0 Å². The molecule has 2 heterocycles. The lowest BCUT2D eigenvalue weighted by atomic mass is 9.91. The van der Waals surface area contributed by atoms with Gasteiger partial charge in [-0.2, -0.15) is 13.2 Å². The third kappa shape index (κ3) is 3.95. The third-order valence-corrected chi connectivity index (χ3v) is 5.53. The van der Waals surface area contributed by atoms with E-state index < -0.39 is 17.3 Å². The average Bonchev–Trinajstić information content (AvgIpc) is 2.71. The van der Waals surface area contributed by atoms with Crippen LogP contribution in [-0.2, 0) is 16.5 Å². The Bertz CT molecular complexity index is 870. The Balaban J connectivity index is 1.36. The summed E-state index contributed by atoms with van der Waals surface area (Å²) in [7, 11) is 0. The molecule has 154 valence electrons. The molecule has 5 nitrogen and oxygen atoms in total. The molecule has 0 aliphatic carbocycles. The molecule has 2 aliphatic heterocycles. The summed E-state index contributed by atoms with van der Waals surface area (Å²) < 4.78 is 43.2. The predicted octanol–water partition coefficient (Wildman–Crippen LogP) is 3.07. The number of nitrogens with one attached hydrogen (secondary N) is 1. The molecule has 0 atom stereocenters. The fourth-order valence-corrected chi connectivity index (χ4v) is 3.63. The monoisotopic (exact) mass is 405 g/mol. The van der Waals surface area contributed by atoms with Crippen molar-refractivity contribution in [2.45, 2.75) is 11.8 Å². The molecule has 2 aliphatic rings. The first-order chi connectivity index (χ1) is 13.8. The lowest BCUT2D eigenvalue weighted by Crippen LogP contribution is -2.49. The van der Waals surface area contributed by atoms with E-state index in [4.69, 9.17) is 10.1 Å². The van der Waals surface area contributed by atoms with Crippen LogP contribution < -0.4 is 4.90 Å². The molecule has 0 saturated carbocycles.